The zero-order valence-corrected chi connectivity index (χ0v) is 21.8. The van der Waals surface area contributed by atoms with Gasteiger partial charge in [-0.2, -0.15) is 0 Å². The van der Waals surface area contributed by atoms with Crippen molar-refractivity contribution in [2.45, 2.75) is 0 Å². The van der Waals surface area contributed by atoms with Gasteiger partial charge in [0.25, 0.3) is 0 Å². The van der Waals surface area contributed by atoms with Crippen LogP contribution < -0.4 is 0 Å². The average Bonchev–Trinajstić information content (AvgIpc) is 3.63. The molecular formula is C37H21N3O2. The van der Waals surface area contributed by atoms with Gasteiger partial charge in [-0.25, -0.2) is 15.0 Å². The normalized spacial score (nSPS) is 13.8. The second-order valence-electron chi connectivity index (χ2n) is 9.94. The molecule has 0 bridgehead atoms. The second-order valence-corrected chi connectivity index (χ2v) is 9.94. The van der Waals surface area contributed by atoms with Crippen molar-refractivity contribution in [3.05, 3.63) is 127 Å². The molecule has 9 rings (SSSR count). The lowest BCUT2D eigenvalue weighted by molar-refractivity contribution is 0.668. The molecule has 0 radical (unpaired) electrons. The van der Waals surface area contributed by atoms with Crippen LogP contribution in [0.2, 0.25) is 0 Å². The SMILES string of the molecule is [2H]c1ccc2oc3ccc([2H])c(-c4nc(-c5ccc6ccccc6c5)nc(-c5c([2H])cc([2H])c6oc7c([2H])cc([2H])cc7c56)n4)c3c2c1. The summed E-state index contributed by atoms with van der Waals surface area (Å²) >= 11 is 0. The Morgan fingerprint density at radius 3 is 2.02 bits per heavy atom. The molecule has 0 amide bonds. The minimum absolute atomic E-state index is 0.00936. The average molecular weight is 546 g/mol. The van der Waals surface area contributed by atoms with Gasteiger partial charge in [0, 0.05) is 38.2 Å². The summed E-state index contributed by atoms with van der Waals surface area (Å²) in [6.45, 7) is 0. The van der Waals surface area contributed by atoms with Gasteiger partial charge < -0.3 is 8.83 Å². The molecule has 5 nitrogen and oxygen atoms in total. The van der Waals surface area contributed by atoms with E-state index in [1.54, 1.807) is 36.4 Å². The molecule has 0 unspecified atom stereocenters. The number of furan rings is 2. The van der Waals surface area contributed by atoms with E-state index in [-0.39, 0.29) is 64.6 Å². The topological polar surface area (TPSA) is 65.0 Å². The van der Waals surface area contributed by atoms with Crippen molar-refractivity contribution in [3.8, 4) is 34.2 Å². The number of benzene rings is 6. The van der Waals surface area contributed by atoms with Crippen molar-refractivity contribution < 1.29 is 17.1 Å². The van der Waals surface area contributed by atoms with E-state index < -0.39 is 0 Å². The maximum absolute atomic E-state index is 9.06. The first-order chi connectivity index (χ1) is 23.2. The third-order valence-corrected chi connectivity index (χ3v) is 7.49. The molecule has 0 spiro atoms. The first kappa shape index (κ1) is 17.8. The number of rotatable bonds is 3. The van der Waals surface area contributed by atoms with E-state index in [4.69, 9.17) is 32.0 Å². The number of para-hydroxylation sites is 2. The monoisotopic (exact) mass is 545 g/mol. The van der Waals surface area contributed by atoms with Gasteiger partial charge in [0.1, 0.15) is 22.3 Å². The van der Waals surface area contributed by atoms with Crippen LogP contribution in [-0.2, 0) is 0 Å². The Morgan fingerprint density at radius 2 is 1.14 bits per heavy atom. The molecule has 0 aliphatic rings. The van der Waals surface area contributed by atoms with Crippen molar-refractivity contribution >= 4 is 54.6 Å². The van der Waals surface area contributed by atoms with Gasteiger partial charge in [-0.15, -0.1) is 0 Å². The van der Waals surface area contributed by atoms with Crippen LogP contribution in [0.25, 0.3) is 88.8 Å². The molecule has 9 aromatic rings. The van der Waals surface area contributed by atoms with Crippen molar-refractivity contribution in [3.63, 3.8) is 0 Å². The summed E-state index contributed by atoms with van der Waals surface area (Å²) in [5, 5.41) is 3.99. The maximum Gasteiger partial charge on any atom is 0.164 e. The number of nitrogens with zero attached hydrogens (tertiary/aromatic N) is 3. The van der Waals surface area contributed by atoms with E-state index in [1.807, 2.05) is 42.5 Å². The van der Waals surface area contributed by atoms with Crippen LogP contribution in [0.15, 0.2) is 136 Å². The van der Waals surface area contributed by atoms with Crippen molar-refractivity contribution in [2.75, 3.05) is 0 Å². The van der Waals surface area contributed by atoms with E-state index >= 15 is 0 Å². The number of hydrogen-bond donors (Lipinski definition) is 0. The van der Waals surface area contributed by atoms with Crippen LogP contribution >= 0.6 is 0 Å². The highest BCUT2D eigenvalue weighted by molar-refractivity contribution is 6.13. The second kappa shape index (κ2) is 8.85. The fraction of sp³-hybridized carbons (Fsp3) is 0. The van der Waals surface area contributed by atoms with Gasteiger partial charge in [0.2, 0.25) is 0 Å². The van der Waals surface area contributed by atoms with Crippen LogP contribution in [0.4, 0.5) is 0 Å². The third kappa shape index (κ3) is 3.47. The molecule has 0 N–H and O–H groups in total. The molecule has 0 fully saturated rings. The molecule has 0 atom stereocenters. The molecule has 6 aromatic carbocycles. The summed E-state index contributed by atoms with van der Waals surface area (Å²) in [5.74, 6) is 0.562. The Balaban J connectivity index is 1.42. The summed E-state index contributed by atoms with van der Waals surface area (Å²) in [4.78, 5) is 14.7. The quantitative estimate of drug-likeness (QED) is 0.221. The minimum atomic E-state index is -0.0457. The van der Waals surface area contributed by atoms with Crippen LogP contribution in [0.3, 0.4) is 0 Å². The molecule has 3 heterocycles. The Bertz CT molecular complexity index is 2830. The smallest absolute Gasteiger partial charge is 0.164 e. The van der Waals surface area contributed by atoms with Gasteiger partial charge in [-0.3, -0.25) is 0 Å². The Labute approximate surface area is 248 Å². The molecule has 42 heavy (non-hydrogen) atoms. The molecule has 3 aromatic heterocycles. The number of fused-ring (bicyclic) bond motifs is 7. The lowest BCUT2D eigenvalue weighted by atomic mass is 10.0. The lowest BCUT2D eigenvalue weighted by Gasteiger charge is -2.10. The predicted octanol–water partition coefficient (Wildman–Crippen LogP) is 9.82. The summed E-state index contributed by atoms with van der Waals surface area (Å²) in [6.07, 6.45) is 0. The molecule has 0 saturated carbocycles. The first-order valence-electron chi connectivity index (χ1n) is 16.4. The van der Waals surface area contributed by atoms with E-state index in [2.05, 4.69) is 0 Å². The van der Waals surface area contributed by atoms with E-state index in [9.17, 15) is 0 Å². The molecule has 5 heteroatoms. The van der Waals surface area contributed by atoms with Gasteiger partial charge >= 0.3 is 0 Å². The molecule has 0 saturated heterocycles. The van der Waals surface area contributed by atoms with Gasteiger partial charge in [0.15, 0.2) is 17.5 Å². The highest BCUT2D eigenvalue weighted by Gasteiger charge is 2.20. The lowest BCUT2D eigenvalue weighted by Crippen LogP contribution is -2.00. The Hall–Kier alpha value is -5.81. The Morgan fingerprint density at radius 1 is 0.476 bits per heavy atom. The van der Waals surface area contributed by atoms with E-state index in [0.717, 1.165) is 10.8 Å². The van der Waals surface area contributed by atoms with Crippen molar-refractivity contribution in [1.82, 2.24) is 15.0 Å². The fourth-order valence-corrected chi connectivity index (χ4v) is 5.58. The molecule has 196 valence electrons. The van der Waals surface area contributed by atoms with Crippen LogP contribution in [-0.4, -0.2) is 15.0 Å². The maximum atomic E-state index is 9.06. The zero-order valence-electron chi connectivity index (χ0n) is 27.8. The van der Waals surface area contributed by atoms with Crippen LogP contribution in [0.5, 0.6) is 0 Å². The van der Waals surface area contributed by atoms with Gasteiger partial charge in [0.05, 0.1) is 8.22 Å². The first-order valence-corrected chi connectivity index (χ1v) is 13.4. The van der Waals surface area contributed by atoms with Crippen molar-refractivity contribution in [2.24, 2.45) is 0 Å². The fourth-order valence-electron chi connectivity index (χ4n) is 5.58. The molecular weight excluding hydrogens is 518 g/mol. The predicted molar refractivity (Wildman–Crippen MR) is 168 cm³/mol. The van der Waals surface area contributed by atoms with Gasteiger partial charge in [-0.05, 0) is 41.1 Å². The van der Waals surface area contributed by atoms with Gasteiger partial charge in [-0.1, -0.05) is 97.0 Å². The highest BCUT2D eigenvalue weighted by atomic mass is 16.3. The zero-order chi connectivity index (χ0) is 32.8. The van der Waals surface area contributed by atoms with E-state index in [0.29, 0.717) is 49.7 Å². The largest absolute Gasteiger partial charge is 0.456 e. The number of aromatic nitrogens is 3. The van der Waals surface area contributed by atoms with Crippen LogP contribution in [0.1, 0.15) is 8.22 Å². The van der Waals surface area contributed by atoms with E-state index in [1.165, 1.54) is 12.1 Å². The summed E-state index contributed by atoms with van der Waals surface area (Å²) < 4.78 is 63.9. The minimum Gasteiger partial charge on any atom is -0.456 e. The Kier molecular flexibility index (Phi) is 3.75. The molecule has 0 aliphatic heterocycles. The number of hydrogen-bond acceptors (Lipinski definition) is 5. The third-order valence-electron chi connectivity index (χ3n) is 7.49. The highest BCUT2D eigenvalue weighted by Crippen LogP contribution is 2.39. The summed E-state index contributed by atoms with van der Waals surface area (Å²) in [7, 11) is 0. The standard InChI is InChI=1S/C37H21N3O2/c1-2-10-23-21-24(20-19-22(23)9-1)35-38-36(27-13-7-17-31-33(27)25-11-3-5-15-29(25)41-31)40-37(39-35)28-14-8-18-32-34(28)26-12-4-6-16-30(26)42-32/h1-21H/i3D,4D,13D,14D,15D,17D. The van der Waals surface area contributed by atoms with Crippen molar-refractivity contribution in [1.29, 1.82) is 0 Å². The van der Waals surface area contributed by atoms with Crippen LogP contribution in [0, 0.1) is 0 Å². The summed E-state index contributed by atoms with van der Waals surface area (Å²) in [6, 6.07) is 26.8. The molecule has 0 aliphatic carbocycles. The summed E-state index contributed by atoms with van der Waals surface area (Å²) in [5.41, 5.74) is 2.71.